The number of hydrogen-bond acceptors (Lipinski definition) is 12. The molecule has 1 fully saturated rings. The lowest BCUT2D eigenvalue weighted by atomic mass is 10.1. The van der Waals surface area contributed by atoms with Crippen LogP contribution in [0.15, 0.2) is 132 Å². The quantitative estimate of drug-likeness (QED) is 0.103. The molecule has 15 nitrogen and oxygen atoms in total. The zero-order chi connectivity index (χ0) is 37.4. The Labute approximate surface area is 306 Å². The number of imidazole rings is 1. The molecule has 4 aromatic carbocycles. The zero-order valence-corrected chi connectivity index (χ0v) is 28.3. The van der Waals surface area contributed by atoms with E-state index in [-0.39, 0.29) is 40.4 Å². The summed E-state index contributed by atoms with van der Waals surface area (Å²) < 4.78 is 30.6. The van der Waals surface area contributed by atoms with Crippen LogP contribution in [0.4, 0.5) is 5.95 Å². The normalized spacial score (nSPS) is 17.7. The summed E-state index contributed by atoms with van der Waals surface area (Å²) in [5.74, 6) is -2.54. The van der Waals surface area contributed by atoms with Crippen molar-refractivity contribution in [1.29, 1.82) is 0 Å². The van der Waals surface area contributed by atoms with Gasteiger partial charge >= 0.3 is 17.9 Å². The molecule has 0 aliphatic carbocycles. The van der Waals surface area contributed by atoms with Gasteiger partial charge in [-0.05, 0) is 48.5 Å². The molecule has 54 heavy (non-hydrogen) atoms. The van der Waals surface area contributed by atoms with Crippen LogP contribution in [0.5, 0.6) is 5.75 Å². The number of aromatic amines is 1. The van der Waals surface area contributed by atoms with Crippen LogP contribution in [-0.2, 0) is 23.7 Å². The fourth-order valence-corrected chi connectivity index (χ4v) is 5.72. The highest BCUT2D eigenvalue weighted by molar-refractivity contribution is 5.92. The molecule has 0 spiro atoms. The van der Waals surface area contributed by atoms with E-state index in [1.54, 1.807) is 121 Å². The summed E-state index contributed by atoms with van der Waals surface area (Å²) in [6, 6.07) is 33.2. The predicted molar refractivity (Wildman–Crippen MR) is 191 cm³/mol. The lowest BCUT2D eigenvalue weighted by Gasteiger charge is -2.25. The third-order valence-electron chi connectivity index (χ3n) is 8.26. The Bertz CT molecular complexity index is 2320. The minimum Gasteiger partial charge on any atom is -0.484 e. The summed E-state index contributed by atoms with van der Waals surface area (Å²) in [5, 5.41) is 2.48. The Hall–Kier alpha value is -7.13. The van der Waals surface area contributed by atoms with E-state index in [0.29, 0.717) is 5.75 Å². The molecule has 1 aliphatic heterocycles. The molecule has 0 bridgehead atoms. The van der Waals surface area contributed by atoms with Gasteiger partial charge in [-0.1, -0.05) is 72.8 Å². The van der Waals surface area contributed by atoms with Crippen molar-refractivity contribution >= 4 is 40.9 Å². The van der Waals surface area contributed by atoms with Gasteiger partial charge in [0.05, 0.1) is 16.7 Å². The van der Waals surface area contributed by atoms with Crippen LogP contribution < -0.4 is 15.6 Å². The van der Waals surface area contributed by atoms with Crippen molar-refractivity contribution in [3.8, 4) is 5.75 Å². The molecule has 1 saturated heterocycles. The summed E-state index contributed by atoms with van der Waals surface area (Å²) in [6.45, 7) is -0.789. The average molecular weight is 731 g/mol. The molecule has 1 aliphatic rings. The maximum atomic E-state index is 13.6. The van der Waals surface area contributed by atoms with E-state index >= 15 is 0 Å². The van der Waals surface area contributed by atoms with Crippen LogP contribution in [0.3, 0.4) is 0 Å². The van der Waals surface area contributed by atoms with Gasteiger partial charge < -0.3 is 23.7 Å². The number of nitrogens with zero attached hydrogens (tertiary/aromatic N) is 3. The molecule has 15 heteroatoms. The van der Waals surface area contributed by atoms with Gasteiger partial charge in [-0.15, -0.1) is 0 Å². The third-order valence-corrected chi connectivity index (χ3v) is 8.26. The highest BCUT2D eigenvalue weighted by Crippen LogP contribution is 2.36. The number of esters is 3. The average Bonchev–Trinajstić information content (AvgIpc) is 3.78. The molecule has 0 radical (unpaired) electrons. The van der Waals surface area contributed by atoms with E-state index < -0.39 is 60.5 Å². The lowest BCUT2D eigenvalue weighted by Crippen LogP contribution is -2.41. The minimum absolute atomic E-state index is 0.0912. The lowest BCUT2D eigenvalue weighted by molar-refractivity contribution is -0.118. The molecular formula is C39H31N5O10. The van der Waals surface area contributed by atoms with Gasteiger partial charge in [0, 0.05) is 0 Å². The number of carbonyl (C=O) groups is 4. The van der Waals surface area contributed by atoms with Gasteiger partial charge in [-0.25, -0.2) is 19.4 Å². The number of anilines is 1. The Morgan fingerprint density at radius 3 is 1.85 bits per heavy atom. The fraction of sp³-hybridized carbons (Fsp3) is 0.154. The Balaban J connectivity index is 1.20. The first kappa shape index (κ1) is 35.3. The molecule has 0 saturated carbocycles. The van der Waals surface area contributed by atoms with Crippen LogP contribution in [-0.4, -0.2) is 74.9 Å². The molecule has 1 amide bonds. The van der Waals surface area contributed by atoms with Gasteiger partial charge in [-0.2, -0.15) is 4.98 Å². The number of H-pyrrole nitrogens is 1. The summed E-state index contributed by atoms with van der Waals surface area (Å²) in [6.07, 6.45) is -4.07. The van der Waals surface area contributed by atoms with Crippen LogP contribution in [0, 0.1) is 0 Å². The molecule has 2 N–H and O–H groups in total. The molecular weight excluding hydrogens is 699 g/mol. The Kier molecular flexibility index (Phi) is 10.5. The second-order valence-electron chi connectivity index (χ2n) is 11.9. The summed E-state index contributed by atoms with van der Waals surface area (Å²) in [5.41, 5.74) is -0.280. The van der Waals surface area contributed by atoms with Crippen molar-refractivity contribution in [3.63, 3.8) is 0 Å². The van der Waals surface area contributed by atoms with Gasteiger partial charge in [0.15, 0.2) is 36.2 Å². The topological polar surface area (TPSA) is 190 Å². The minimum atomic E-state index is -1.41. The van der Waals surface area contributed by atoms with E-state index in [1.807, 2.05) is 0 Å². The van der Waals surface area contributed by atoms with Crippen molar-refractivity contribution in [2.45, 2.75) is 24.5 Å². The summed E-state index contributed by atoms with van der Waals surface area (Å²) in [7, 11) is 0. The van der Waals surface area contributed by atoms with E-state index in [1.165, 1.54) is 10.9 Å². The second kappa shape index (κ2) is 16.0. The van der Waals surface area contributed by atoms with Crippen molar-refractivity contribution in [3.05, 3.63) is 155 Å². The number of fused-ring (bicyclic) bond motifs is 1. The van der Waals surface area contributed by atoms with Crippen LogP contribution in [0.1, 0.15) is 37.3 Å². The number of para-hydroxylation sites is 1. The third kappa shape index (κ3) is 8.00. The standard InChI is InChI=1S/C39H31N5O10/c45-29(22-50-27-19-11-4-12-20-27)41-39-42-33-30(34(46)43-39)44(23-40-33)35-32(54-38(49)26-17-9-3-10-18-26)31(53-37(48)25-15-7-2-8-16-25)28(52-35)21-51-36(47)24-13-5-1-6-14-24/h1-20,23,28,31-32,35H,21-22H2,(H2,41,42,43,45,46)/t28-,31-,32-,35-/m1/s1/i35+1. The number of aromatic nitrogens is 4. The maximum Gasteiger partial charge on any atom is 0.338 e. The Morgan fingerprint density at radius 1 is 0.722 bits per heavy atom. The molecule has 7 rings (SSSR count). The highest BCUT2D eigenvalue weighted by Gasteiger charge is 2.52. The second-order valence-corrected chi connectivity index (χ2v) is 11.9. The van der Waals surface area contributed by atoms with Crippen LogP contribution in [0.2, 0.25) is 0 Å². The number of nitrogens with one attached hydrogen (secondary N) is 2. The highest BCUT2D eigenvalue weighted by atomic mass is 16.7. The molecule has 3 heterocycles. The van der Waals surface area contributed by atoms with Crippen molar-refractivity contribution in [1.82, 2.24) is 19.5 Å². The molecule has 272 valence electrons. The first-order chi connectivity index (χ1) is 26.3. The van der Waals surface area contributed by atoms with Crippen LogP contribution in [0.25, 0.3) is 11.2 Å². The number of benzene rings is 4. The van der Waals surface area contributed by atoms with Gasteiger partial charge in [0.1, 0.15) is 24.8 Å². The largest absolute Gasteiger partial charge is 0.484 e. The van der Waals surface area contributed by atoms with Crippen LogP contribution >= 0.6 is 0 Å². The van der Waals surface area contributed by atoms with Gasteiger partial charge in [-0.3, -0.25) is 24.5 Å². The van der Waals surface area contributed by atoms with E-state index in [2.05, 4.69) is 20.3 Å². The summed E-state index contributed by atoms with van der Waals surface area (Å²) >= 11 is 0. The first-order valence-electron chi connectivity index (χ1n) is 16.7. The van der Waals surface area contributed by atoms with Gasteiger partial charge in [0.2, 0.25) is 5.95 Å². The predicted octanol–water partition coefficient (Wildman–Crippen LogP) is 4.34. The number of carbonyl (C=O) groups excluding carboxylic acids is 4. The number of ether oxygens (including phenoxy) is 5. The van der Waals surface area contributed by atoms with Crippen molar-refractivity contribution in [2.24, 2.45) is 0 Å². The summed E-state index contributed by atoms with van der Waals surface area (Å²) in [4.78, 5) is 77.2. The first-order valence-corrected chi connectivity index (χ1v) is 16.7. The zero-order valence-electron chi connectivity index (χ0n) is 28.3. The molecule has 0 unspecified atom stereocenters. The number of amides is 1. The number of rotatable bonds is 12. The van der Waals surface area contributed by atoms with Crippen molar-refractivity contribution < 1.29 is 42.9 Å². The number of hydrogen-bond donors (Lipinski definition) is 2. The monoisotopic (exact) mass is 730 g/mol. The van der Waals surface area contributed by atoms with E-state index in [0.717, 1.165) is 0 Å². The van der Waals surface area contributed by atoms with E-state index in [4.69, 9.17) is 23.7 Å². The SMILES string of the molecule is O=C(COc1ccccc1)Nc1nc2ncn([13C@@H]3O[C@H](COC(=O)c4ccccc4)[C@@H](OC(=O)c4ccccc4)[C@H]3OC(=O)c3ccccc3)c2c(=O)[nH]1. The maximum absolute atomic E-state index is 13.6. The van der Waals surface area contributed by atoms with Crippen molar-refractivity contribution in [2.75, 3.05) is 18.5 Å². The molecule has 2 aromatic heterocycles. The van der Waals surface area contributed by atoms with Gasteiger partial charge in [0.25, 0.3) is 11.5 Å². The van der Waals surface area contributed by atoms with E-state index in [9.17, 15) is 24.0 Å². The molecule has 4 atom stereocenters. The fourth-order valence-electron chi connectivity index (χ4n) is 5.72. The smallest absolute Gasteiger partial charge is 0.338 e. The molecule has 6 aromatic rings. The Morgan fingerprint density at radius 2 is 1.26 bits per heavy atom.